The highest BCUT2D eigenvalue weighted by atomic mass is 35.5. The Morgan fingerprint density at radius 1 is 1.19 bits per heavy atom. The SMILES string of the molecule is Cc1cc(C)c(NC(=O)CSc2nnc(-c3ccccc3Cl)n2N)c(Cl)c1. The number of aromatic nitrogens is 3. The van der Waals surface area contributed by atoms with Crippen LogP contribution in [-0.4, -0.2) is 26.5 Å². The summed E-state index contributed by atoms with van der Waals surface area (Å²) in [6, 6.07) is 11.0. The molecule has 0 fully saturated rings. The molecule has 27 heavy (non-hydrogen) atoms. The van der Waals surface area contributed by atoms with E-state index >= 15 is 0 Å². The van der Waals surface area contributed by atoms with E-state index < -0.39 is 0 Å². The Labute approximate surface area is 171 Å². The summed E-state index contributed by atoms with van der Waals surface area (Å²) in [5.74, 6) is 6.40. The highest BCUT2D eigenvalue weighted by Gasteiger charge is 2.16. The molecule has 3 aromatic rings. The number of carbonyl (C=O) groups is 1. The number of nitrogens with one attached hydrogen (secondary N) is 1. The van der Waals surface area contributed by atoms with Crippen LogP contribution >= 0.6 is 35.0 Å². The molecule has 140 valence electrons. The summed E-state index contributed by atoms with van der Waals surface area (Å²) in [5, 5.41) is 12.4. The lowest BCUT2D eigenvalue weighted by atomic mass is 10.1. The van der Waals surface area contributed by atoms with Crippen molar-refractivity contribution in [2.24, 2.45) is 0 Å². The maximum absolute atomic E-state index is 12.3. The van der Waals surface area contributed by atoms with Crippen molar-refractivity contribution < 1.29 is 4.79 Å². The molecule has 6 nitrogen and oxygen atoms in total. The van der Waals surface area contributed by atoms with E-state index in [2.05, 4.69) is 15.5 Å². The average Bonchev–Trinajstić information content (AvgIpc) is 2.97. The molecule has 0 saturated carbocycles. The number of anilines is 1. The van der Waals surface area contributed by atoms with Gasteiger partial charge in [0.05, 0.1) is 21.5 Å². The van der Waals surface area contributed by atoms with E-state index in [9.17, 15) is 4.79 Å². The van der Waals surface area contributed by atoms with Crippen LogP contribution < -0.4 is 11.2 Å². The summed E-state index contributed by atoms with van der Waals surface area (Å²) >= 11 is 13.6. The zero-order valence-electron chi connectivity index (χ0n) is 14.7. The van der Waals surface area contributed by atoms with Crippen LogP contribution in [0.25, 0.3) is 11.4 Å². The predicted octanol–water partition coefficient (Wildman–Crippen LogP) is 4.31. The van der Waals surface area contributed by atoms with Crippen molar-refractivity contribution in [3.8, 4) is 11.4 Å². The van der Waals surface area contributed by atoms with Gasteiger partial charge in [-0.25, -0.2) is 4.68 Å². The monoisotopic (exact) mass is 421 g/mol. The molecular weight excluding hydrogens is 405 g/mol. The van der Waals surface area contributed by atoms with Gasteiger partial charge in [-0.15, -0.1) is 10.2 Å². The van der Waals surface area contributed by atoms with Crippen molar-refractivity contribution in [2.75, 3.05) is 16.9 Å². The van der Waals surface area contributed by atoms with Crippen LogP contribution in [0.1, 0.15) is 11.1 Å². The second kappa shape index (κ2) is 8.21. The maximum atomic E-state index is 12.3. The number of aryl methyl sites for hydroxylation is 2. The van der Waals surface area contributed by atoms with Gasteiger partial charge in [0.25, 0.3) is 0 Å². The van der Waals surface area contributed by atoms with Gasteiger partial charge in [-0.1, -0.05) is 53.2 Å². The highest BCUT2D eigenvalue weighted by Crippen LogP contribution is 2.29. The second-order valence-electron chi connectivity index (χ2n) is 5.93. The fraction of sp³-hybridized carbons (Fsp3) is 0.167. The Balaban J connectivity index is 1.69. The van der Waals surface area contributed by atoms with Crippen LogP contribution in [0.4, 0.5) is 5.69 Å². The highest BCUT2D eigenvalue weighted by molar-refractivity contribution is 7.99. The van der Waals surface area contributed by atoms with Crippen LogP contribution in [-0.2, 0) is 4.79 Å². The van der Waals surface area contributed by atoms with E-state index in [1.165, 1.54) is 16.4 Å². The van der Waals surface area contributed by atoms with Crippen LogP contribution in [0.3, 0.4) is 0 Å². The third-order valence-electron chi connectivity index (χ3n) is 3.81. The van der Waals surface area contributed by atoms with Gasteiger partial charge in [0.2, 0.25) is 11.1 Å². The van der Waals surface area contributed by atoms with Crippen LogP contribution in [0.15, 0.2) is 41.6 Å². The largest absolute Gasteiger partial charge is 0.335 e. The number of nitrogen functional groups attached to an aromatic ring is 1. The zero-order chi connectivity index (χ0) is 19.6. The molecule has 3 N–H and O–H groups in total. The Hall–Kier alpha value is -2.22. The van der Waals surface area contributed by atoms with Crippen molar-refractivity contribution in [3.05, 3.63) is 57.6 Å². The van der Waals surface area contributed by atoms with E-state index in [1.807, 2.05) is 38.1 Å². The fourth-order valence-corrected chi connectivity index (χ4v) is 3.83. The van der Waals surface area contributed by atoms with Gasteiger partial charge in [-0.2, -0.15) is 0 Å². The second-order valence-corrected chi connectivity index (χ2v) is 7.69. The topological polar surface area (TPSA) is 85.8 Å². The molecule has 0 saturated heterocycles. The van der Waals surface area contributed by atoms with E-state index in [4.69, 9.17) is 29.0 Å². The molecule has 0 radical (unpaired) electrons. The van der Waals surface area contributed by atoms with Gasteiger partial charge >= 0.3 is 0 Å². The van der Waals surface area contributed by atoms with Crippen LogP contribution in [0.2, 0.25) is 10.0 Å². The van der Waals surface area contributed by atoms with Crippen molar-refractivity contribution >= 4 is 46.6 Å². The number of hydrogen-bond acceptors (Lipinski definition) is 5. The lowest BCUT2D eigenvalue weighted by molar-refractivity contribution is -0.113. The maximum Gasteiger partial charge on any atom is 0.234 e. The van der Waals surface area contributed by atoms with E-state index in [0.29, 0.717) is 32.3 Å². The minimum Gasteiger partial charge on any atom is -0.335 e. The molecule has 0 aliphatic heterocycles. The fourth-order valence-electron chi connectivity index (χ4n) is 2.58. The summed E-state index contributed by atoms with van der Waals surface area (Å²) < 4.78 is 1.32. The molecule has 9 heteroatoms. The molecule has 0 atom stereocenters. The molecule has 1 aromatic heterocycles. The van der Waals surface area contributed by atoms with Gasteiger partial charge in [-0.3, -0.25) is 4.79 Å². The Bertz CT molecular complexity index is 982. The first-order valence-electron chi connectivity index (χ1n) is 8.01. The Kier molecular flexibility index (Phi) is 5.94. The number of nitrogens with zero attached hydrogens (tertiary/aromatic N) is 3. The standard InChI is InChI=1S/C18H17Cl2N5OS/c1-10-7-11(2)16(14(20)8-10)22-15(26)9-27-18-24-23-17(25(18)21)12-5-3-4-6-13(12)19/h3-8H,9,21H2,1-2H3,(H,22,26). The number of carbonyl (C=O) groups excluding carboxylic acids is 1. The molecule has 1 heterocycles. The molecule has 0 bridgehead atoms. The molecular formula is C18H17Cl2N5OS. The summed E-state index contributed by atoms with van der Waals surface area (Å²) in [5.41, 5.74) is 3.22. The third kappa shape index (κ3) is 4.37. The Morgan fingerprint density at radius 3 is 2.63 bits per heavy atom. The number of benzene rings is 2. The number of hydrogen-bond donors (Lipinski definition) is 2. The van der Waals surface area contributed by atoms with E-state index in [0.717, 1.165) is 11.1 Å². The van der Waals surface area contributed by atoms with Crippen molar-refractivity contribution in [1.82, 2.24) is 14.9 Å². The first-order chi connectivity index (χ1) is 12.9. The van der Waals surface area contributed by atoms with Crippen LogP contribution in [0, 0.1) is 13.8 Å². The average molecular weight is 422 g/mol. The Morgan fingerprint density at radius 2 is 1.93 bits per heavy atom. The first-order valence-corrected chi connectivity index (χ1v) is 9.75. The molecule has 0 aliphatic carbocycles. The number of amides is 1. The lowest BCUT2D eigenvalue weighted by Crippen LogP contribution is -2.17. The van der Waals surface area contributed by atoms with E-state index in [-0.39, 0.29) is 11.7 Å². The molecule has 3 rings (SSSR count). The molecule has 2 aromatic carbocycles. The molecule has 0 unspecified atom stereocenters. The number of nitrogens with two attached hydrogens (primary N) is 1. The molecule has 0 spiro atoms. The summed E-state index contributed by atoms with van der Waals surface area (Å²) in [7, 11) is 0. The van der Waals surface area contributed by atoms with Gasteiger partial charge in [0.1, 0.15) is 0 Å². The predicted molar refractivity (Wildman–Crippen MR) is 111 cm³/mol. The first kappa shape index (κ1) is 19.5. The van der Waals surface area contributed by atoms with E-state index in [1.54, 1.807) is 12.1 Å². The van der Waals surface area contributed by atoms with Crippen molar-refractivity contribution in [1.29, 1.82) is 0 Å². The zero-order valence-corrected chi connectivity index (χ0v) is 17.0. The number of halogens is 2. The third-order valence-corrected chi connectivity index (χ3v) is 5.38. The van der Waals surface area contributed by atoms with Gasteiger partial charge in [0, 0.05) is 5.56 Å². The number of rotatable bonds is 5. The summed E-state index contributed by atoms with van der Waals surface area (Å²) in [6.07, 6.45) is 0. The van der Waals surface area contributed by atoms with Gasteiger partial charge < -0.3 is 11.2 Å². The van der Waals surface area contributed by atoms with Gasteiger partial charge in [-0.05, 0) is 43.2 Å². The van der Waals surface area contributed by atoms with Crippen LogP contribution in [0.5, 0.6) is 0 Å². The number of thioether (sulfide) groups is 1. The summed E-state index contributed by atoms with van der Waals surface area (Å²) in [4.78, 5) is 12.3. The molecule has 0 aliphatic rings. The lowest BCUT2D eigenvalue weighted by Gasteiger charge is -2.11. The van der Waals surface area contributed by atoms with Crippen molar-refractivity contribution in [3.63, 3.8) is 0 Å². The summed E-state index contributed by atoms with van der Waals surface area (Å²) in [6.45, 7) is 3.85. The normalized spacial score (nSPS) is 10.8. The quantitative estimate of drug-likeness (QED) is 0.473. The smallest absolute Gasteiger partial charge is 0.234 e. The van der Waals surface area contributed by atoms with Gasteiger partial charge in [0.15, 0.2) is 5.82 Å². The minimum atomic E-state index is -0.212. The molecule has 1 amide bonds. The van der Waals surface area contributed by atoms with Crippen molar-refractivity contribution in [2.45, 2.75) is 19.0 Å². The minimum absolute atomic E-state index is 0.113.